The van der Waals surface area contributed by atoms with Crippen LogP contribution in [0.4, 0.5) is 5.69 Å². The number of aryl methyl sites for hydroxylation is 2. The molecule has 0 saturated carbocycles. The molecule has 8 heteroatoms. The van der Waals surface area contributed by atoms with E-state index in [1.807, 2.05) is 50.2 Å². The van der Waals surface area contributed by atoms with Crippen molar-refractivity contribution in [2.75, 3.05) is 23.7 Å². The molecule has 0 aromatic heterocycles. The number of benzene rings is 2. The van der Waals surface area contributed by atoms with E-state index in [0.717, 1.165) is 29.5 Å². The molecule has 0 spiro atoms. The van der Waals surface area contributed by atoms with Crippen molar-refractivity contribution >= 4 is 27.5 Å². The summed E-state index contributed by atoms with van der Waals surface area (Å²) in [5, 5.41) is 2.91. The van der Waals surface area contributed by atoms with Crippen molar-refractivity contribution in [1.82, 2.24) is 10.2 Å². The van der Waals surface area contributed by atoms with Crippen molar-refractivity contribution in [2.45, 2.75) is 66.0 Å². The van der Waals surface area contributed by atoms with Gasteiger partial charge in [-0.3, -0.25) is 13.9 Å². The lowest BCUT2D eigenvalue weighted by Gasteiger charge is -2.29. The number of nitrogens with zero attached hydrogens (tertiary/aromatic N) is 2. The van der Waals surface area contributed by atoms with E-state index < -0.39 is 16.1 Å². The topological polar surface area (TPSA) is 86.8 Å². The Bertz CT molecular complexity index is 1070. The zero-order valence-corrected chi connectivity index (χ0v) is 22.4. The molecule has 0 aliphatic rings. The summed E-state index contributed by atoms with van der Waals surface area (Å²) in [4.78, 5) is 27.6. The fourth-order valence-corrected chi connectivity index (χ4v) is 4.69. The van der Waals surface area contributed by atoms with E-state index in [1.54, 1.807) is 24.0 Å². The summed E-state index contributed by atoms with van der Waals surface area (Å²) >= 11 is 0. The molecule has 192 valence electrons. The van der Waals surface area contributed by atoms with Gasteiger partial charge < -0.3 is 10.2 Å². The summed E-state index contributed by atoms with van der Waals surface area (Å²) in [7, 11) is -3.50. The van der Waals surface area contributed by atoms with Crippen LogP contribution in [-0.4, -0.2) is 50.5 Å². The van der Waals surface area contributed by atoms with Crippen molar-refractivity contribution in [1.29, 1.82) is 0 Å². The van der Waals surface area contributed by atoms with Crippen LogP contribution in [0.1, 0.15) is 56.2 Å². The Labute approximate surface area is 210 Å². The van der Waals surface area contributed by atoms with Crippen LogP contribution in [0.15, 0.2) is 48.5 Å². The third-order valence-electron chi connectivity index (χ3n) is 5.94. The number of hydrogen-bond acceptors (Lipinski definition) is 4. The Balaban J connectivity index is 2.12. The van der Waals surface area contributed by atoms with Crippen LogP contribution in [0.25, 0.3) is 0 Å². The van der Waals surface area contributed by atoms with Gasteiger partial charge in [0.2, 0.25) is 21.8 Å². The molecular weight excluding hydrogens is 462 g/mol. The Kier molecular flexibility index (Phi) is 10.8. The van der Waals surface area contributed by atoms with Gasteiger partial charge in [-0.15, -0.1) is 0 Å². The minimum atomic E-state index is -3.50. The van der Waals surface area contributed by atoms with Gasteiger partial charge in [0, 0.05) is 26.1 Å². The fourth-order valence-electron chi connectivity index (χ4n) is 3.72. The van der Waals surface area contributed by atoms with E-state index in [2.05, 4.69) is 12.2 Å². The summed E-state index contributed by atoms with van der Waals surface area (Å²) in [5.41, 5.74) is 3.67. The summed E-state index contributed by atoms with van der Waals surface area (Å²) in [6.45, 7) is 8.81. The van der Waals surface area contributed by atoms with Crippen molar-refractivity contribution in [3.05, 3.63) is 65.2 Å². The van der Waals surface area contributed by atoms with Crippen molar-refractivity contribution in [3.8, 4) is 0 Å². The van der Waals surface area contributed by atoms with Gasteiger partial charge in [0.05, 0.1) is 11.9 Å². The highest BCUT2D eigenvalue weighted by Crippen LogP contribution is 2.20. The maximum atomic E-state index is 13.3. The zero-order valence-electron chi connectivity index (χ0n) is 21.6. The van der Waals surface area contributed by atoms with Gasteiger partial charge in [0.1, 0.15) is 6.04 Å². The third kappa shape index (κ3) is 9.02. The number of carbonyl (C=O) groups excluding carboxylic acids is 2. The highest BCUT2D eigenvalue weighted by Gasteiger charge is 2.26. The van der Waals surface area contributed by atoms with E-state index in [1.165, 1.54) is 10.6 Å². The Morgan fingerprint density at radius 3 is 2.06 bits per heavy atom. The average molecular weight is 502 g/mol. The molecule has 1 atom stereocenters. The van der Waals surface area contributed by atoms with Crippen molar-refractivity contribution < 1.29 is 18.0 Å². The normalized spacial score (nSPS) is 12.1. The summed E-state index contributed by atoms with van der Waals surface area (Å²) in [5.74, 6) is -0.364. The zero-order chi connectivity index (χ0) is 26.0. The average Bonchev–Trinajstić information content (AvgIpc) is 2.81. The van der Waals surface area contributed by atoms with Crippen LogP contribution >= 0.6 is 0 Å². The minimum Gasteiger partial charge on any atom is -0.354 e. The molecular formula is C27H39N3O4S. The molecule has 7 nitrogen and oxygen atoms in total. The monoisotopic (exact) mass is 501 g/mol. The second kappa shape index (κ2) is 13.3. The molecule has 0 fully saturated rings. The minimum absolute atomic E-state index is 0.135. The number of rotatable bonds is 13. The van der Waals surface area contributed by atoms with Gasteiger partial charge >= 0.3 is 0 Å². The van der Waals surface area contributed by atoms with E-state index in [9.17, 15) is 18.0 Å². The Hall–Kier alpha value is -2.87. The highest BCUT2D eigenvalue weighted by molar-refractivity contribution is 7.92. The second-order valence-electron chi connectivity index (χ2n) is 9.10. The lowest BCUT2D eigenvalue weighted by Crippen LogP contribution is -2.48. The number of carbonyl (C=O) groups is 2. The molecule has 35 heavy (non-hydrogen) atoms. The van der Waals surface area contributed by atoms with Crippen molar-refractivity contribution in [2.24, 2.45) is 0 Å². The summed E-state index contributed by atoms with van der Waals surface area (Å²) in [6, 6.07) is 14.5. The maximum absolute atomic E-state index is 13.3. The smallest absolute Gasteiger partial charge is 0.242 e. The van der Waals surface area contributed by atoms with Gasteiger partial charge in [-0.05, 0) is 51.3 Å². The second-order valence-corrected chi connectivity index (χ2v) is 11.0. The number of hydrogen-bond donors (Lipinski definition) is 1. The van der Waals surface area contributed by atoms with E-state index in [0.29, 0.717) is 25.2 Å². The van der Waals surface area contributed by atoms with E-state index in [4.69, 9.17) is 0 Å². The number of sulfonamides is 1. The molecule has 0 saturated heterocycles. The van der Waals surface area contributed by atoms with Crippen LogP contribution in [-0.2, 0) is 26.2 Å². The first kappa shape index (κ1) is 28.4. The standard InChI is InChI=1S/C27H39N3O4S/c1-6-7-18-28-27(32)23(4)29(20-24-14-10-21(2)11-15-24)26(31)9-8-19-30(35(5,33)34)25-16-12-22(3)13-17-25/h10-17,23H,6-9,18-20H2,1-5H3,(H,28,32). The third-order valence-corrected chi connectivity index (χ3v) is 7.14. The first-order valence-corrected chi connectivity index (χ1v) is 14.0. The van der Waals surface area contributed by atoms with E-state index >= 15 is 0 Å². The number of anilines is 1. The lowest BCUT2D eigenvalue weighted by molar-refractivity contribution is -0.140. The van der Waals surface area contributed by atoms with Crippen LogP contribution in [0.2, 0.25) is 0 Å². The Morgan fingerprint density at radius 2 is 1.51 bits per heavy atom. The molecule has 2 rings (SSSR count). The molecule has 2 amide bonds. The van der Waals surface area contributed by atoms with Crippen molar-refractivity contribution in [3.63, 3.8) is 0 Å². The lowest BCUT2D eigenvalue weighted by atomic mass is 10.1. The van der Waals surface area contributed by atoms with Gasteiger partial charge in [-0.2, -0.15) is 0 Å². The molecule has 0 aliphatic heterocycles. The maximum Gasteiger partial charge on any atom is 0.242 e. The predicted octanol–water partition coefficient (Wildman–Crippen LogP) is 4.18. The largest absolute Gasteiger partial charge is 0.354 e. The number of unbranched alkanes of at least 4 members (excludes halogenated alkanes) is 1. The quantitative estimate of drug-likeness (QED) is 0.417. The first-order valence-electron chi connectivity index (χ1n) is 12.2. The fraction of sp³-hybridized carbons (Fsp3) is 0.481. The van der Waals surface area contributed by atoms with Gasteiger partial charge in [-0.1, -0.05) is 60.9 Å². The summed E-state index contributed by atoms with van der Waals surface area (Å²) < 4.78 is 26.1. The van der Waals surface area contributed by atoms with Crippen LogP contribution in [0.3, 0.4) is 0 Å². The van der Waals surface area contributed by atoms with Gasteiger partial charge in [-0.25, -0.2) is 8.42 Å². The van der Waals surface area contributed by atoms with Gasteiger partial charge in [0.15, 0.2) is 0 Å². The molecule has 2 aromatic rings. The molecule has 0 radical (unpaired) electrons. The molecule has 0 aliphatic carbocycles. The Morgan fingerprint density at radius 1 is 0.943 bits per heavy atom. The van der Waals surface area contributed by atoms with Gasteiger partial charge in [0.25, 0.3) is 0 Å². The molecule has 0 bridgehead atoms. The SMILES string of the molecule is CCCCNC(=O)C(C)N(Cc1ccc(C)cc1)C(=O)CCCN(c1ccc(C)cc1)S(C)(=O)=O. The first-order chi connectivity index (χ1) is 16.5. The molecule has 1 unspecified atom stereocenters. The highest BCUT2D eigenvalue weighted by atomic mass is 32.2. The molecule has 1 N–H and O–H groups in total. The van der Waals surface area contributed by atoms with Crippen LogP contribution in [0.5, 0.6) is 0 Å². The molecule has 0 heterocycles. The van der Waals surface area contributed by atoms with Crippen LogP contribution in [0, 0.1) is 13.8 Å². The predicted molar refractivity (Wildman–Crippen MR) is 142 cm³/mol. The number of nitrogens with one attached hydrogen (secondary N) is 1. The summed E-state index contributed by atoms with van der Waals surface area (Å²) in [6.07, 6.45) is 3.49. The van der Waals surface area contributed by atoms with E-state index in [-0.39, 0.29) is 24.8 Å². The molecule has 2 aromatic carbocycles. The van der Waals surface area contributed by atoms with Crippen LogP contribution < -0.4 is 9.62 Å². The number of amides is 2.